The van der Waals surface area contributed by atoms with E-state index in [0.29, 0.717) is 10.0 Å². The average molecular weight is 160 g/mol. The van der Waals surface area contributed by atoms with Crippen LogP contribution in [0.3, 0.4) is 0 Å². The van der Waals surface area contributed by atoms with Crippen LogP contribution in [-0.2, 0) is 0 Å². The van der Waals surface area contributed by atoms with Gasteiger partial charge in [0.05, 0.1) is 10.0 Å². The van der Waals surface area contributed by atoms with Crippen LogP contribution in [0, 0.1) is 13.0 Å². The molecule has 0 atom stereocenters. The summed E-state index contributed by atoms with van der Waals surface area (Å²) in [5.41, 5.74) is 0.893. The summed E-state index contributed by atoms with van der Waals surface area (Å²) in [6.45, 7) is 1.87. The van der Waals surface area contributed by atoms with Gasteiger partial charge in [-0.25, -0.2) is 0 Å². The van der Waals surface area contributed by atoms with Crippen molar-refractivity contribution in [3.8, 4) is 0 Å². The van der Waals surface area contributed by atoms with Gasteiger partial charge in [0, 0.05) is 0 Å². The average Bonchev–Trinajstić information content (AvgIpc) is 1.83. The molecule has 0 fully saturated rings. The molecule has 0 nitrogen and oxygen atoms in total. The quantitative estimate of drug-likeness (QED) is 0.546. The fraction of sp³-hybridized carbons (Fsp3) is 0.143. The van der Waals surface area contributed by atoms with E-state index in [1.807, 2.05) is 6.92 Å². The molecule has 0 heterocycles. The smallest absolute Gasteiger partial charge is 0.0627 e. The lowest BCUT2D eigenvalue weighted by Crippen LogP contribution is -1.73. The number of hydrogen-bond acceptors (Lipinski definition) is 0. The van der Waals surface area contributed by atoms with Crippen molar-refractivity contribution in [1.82, 2.24) is 0 Å². The molecule has 0 N–H and O–H groups in total. The second-order valence-electron chi connectivity index (χ2n) is 1.76. The summed E-state index contributed by atoms with van der Waals surface area (Å²) in [6.07, 6.45) is 0. The van der Waals surface area contributed by atoms with Crippen LogP contribution < -0.4 is 0 Å². The van der Waals surface area contributed by atoms with Gasteiger partial charge in [-0.2, -0.15) is 0 Å². The number of rotatable bonds is 0. The van der Waals surface area contributed by atoms with Crippen LogP contribution >= 0.6 is 23.2 Å². The summed E-state index contributed by atoms with van der Waals surface area (Å²) in [4.78, 5) is 0. The van der Waals surface area contributed by atoms with Gasteiger partial charge >= 0.3 is 0 Å². The topological polar surface area (TPSA) is 0 Å². The molecule has 0 unspecified atom stereocenters. The maximum absolute atomic E-state index is 5.71. The van der Waals surface area contributed by atoms with E-state index in [9.17, 15) is 0 Å². The Bertz CT molecular complexity index is 198. The molecular formula is C7H5Cl2. The Hall–Kier alpha value is -0.200. The van der Waals surface area contributed by atoms with E-state index >= 15 is 0 Å². The minimum absolute atomic E-state index is 0.591. The molecule has 0 aliphatic heterocycles. The number of benzene rings is 1. The van der Waals surface area contributed by atoms with Gasteiger partial charge < -0.3 is 0 Å². The maximum Gasteiger partial charge on any atom is 0.0627 e. The van der Waals surface area contributed by atoms with Crippen LogP contribution in [0.15, 0.2) is 12.1 Å². The number of halogens is 2. The molecule has 1 aromatic carbocycles. The molecule has 0 saturated carbocycles. The molecule has 47 valence electrons. The fourth-order valence-corrected chi connectivity index (χ4v) is 0.878. The van der Waals surface area contributed by atoms with Crippen molar-refractivity contribution in [2.45, 2.75) is 6.92 Å². The lowest BCUT2D eigenvalue weighted by molar-refractivity contribution is 1.46. The molecular weight excluding hydrogens is 155 g/mol. The zero-order chi connectivity index (χ0) is 6.85. The van der Waals surface area contributed by atoms with Gasteiger partial charge in [0.25, 0.3) is 0 Å². The highest BCUT2D eigenvalue weighted by atomic mass is 35.5. The van der Waals surface area contributed by atoms with Crippen molar-refractivity contribution in [3.05, 3.63) is 33.8 Å². The molecule has 1 radical (unpaired) electrons. The minimum atomic E-state index is 0.591. The third kappa shape index (κ3) is 1.38. The maximum atomic E-state index is 5.71. The van der Waals surface area contributed by atoms with E-state index in [-0.39, 0.29) is 0 Å². The van der Waals surface area contributed by atoms with Gasteiger partial charge in [-0.15, -0.1) is 0 Å². The molecule has 0 aliphatic carbocycles. The van der Waals surface area contributed by atoms with E-state index in [1.165, 1.54) is 0 Å². The van der Waals surface area contributed by atoms with Crippen molar-refractivity contribution in [1.29, 1.82) is 0 Å². The number of aryl methyl sites for hydroxylation is 1. The van der Waals surface area contributed by atoms with Crippen LogP contribution in [0.5, 0.6) is 0 Å². The predicted octanol–water partition coefficient (Wildman–Crippen LogP) is 3.10. The van der Waals surface area contributed by atoms with Crippen LogP contribution in [0.4, 0.5) is 0 Å². The van der Waals surface area contributed by atoms with Crippen LogP contribution in [-0.4, -0.2) is 0 Å². The van der Waals surface area contributed by atoms with E-state index in [4.69, 9.17) is 23.2 Å². The van der Waals surface area contributed by atoms with Gasteiger partial charge in [-0.1, -0.05) is 29.3 Å². The fourth-order valence-electron chi connectivity index (χ4n) is 0.555. The Morgan fingerprint density at radius 2 is 2.11 bits per heavy atom. The third-order valence-corrected chi connectivity index (χ3v) is 1.97. The first-order chi connectivity index (χ1) is 4.22. The van der Waals surface area contributed by atoms with Gasteiger partial charge in [0.1, 0.15) is 0 Å². The Kier molecular flexibility index (Phi) is 1.99. The molecule has 0 saturated heterocycles. The van der Waals surface area contributed by atoms with Crippen molar-refractivity contribution in [3.63, 3.8) is 0 Å². The van der Waals surface area contributed by atoms with Gasteiger partial charge in [-0.05, 0) is 24.6 Å². The van der Waals surface area contributed by atoms with Crippen molar-refractivity contribution >= 4 is 23.2 Å². The van der Waals surface area contributed by atoms with Gasteiger partial charge in [-0.3, -0.25) is 0 Å². The molecule has 9 heavy (non-hydrogen) atoms. The largest absolute Gasteiger partial charge is 0.0827 e. The zero-order valence-corrected chi connectivity index (χ0v) is 6.42. The Morgan fingerprint density at radius 3 is 2.56 bits per heavy atom. The summed E-state index contributed by atoms with van der Waals surface area (Å²) in [5.74, 6) is 0. The van der Waals surface area contributed by atoms with E-state index in [0.717, 1.165) is 5.56 Å². The molecule has 2 heteroatoms. The zero-order valence-electron chi connectivity index (χ0n) is 4.91. The van der Waals surface area contributed by atoms with Crippen molar-refractivity contribution in [2.75, 3.05) is 0 Å². The van der Waals surface area contributed by atoms with Crippen LogP contribution in [0.1, 0.15) is 5.56 Å². The lowest BCUT2D eigenvalue weighted by atomic mass is 10.2. The standard InChI is InChI=1S/C7H5Cl2/c1-5-3-2-4-6(8)7(5)9/h2,4H,1H3. The monoisotopic (exact) mass is 159 g/mol. The van der Waals surface area contributed by atoms with Gasteiger partial charge in [0.15, 0.2) is 0 Å². The summed E-state index contributed by atoms with van der Waals surface area (Å²) in [7, 11) is 0. The number of hydrogen-bond donors (Lipinski definition) is 0. The Balaban J connectivity index is 3.25. The van der Waals surface area contributed by atoms with Gasteiger partial charge in [0.2, 0.25) is 0 Å². The van der Waals surface area contributed by atoms with Crippen LogP contribution in [0.25, 0.3) is 0 Å². The van der Waals surface area contributed by atoms with Crippen molar-refractivity contribution < 1.29 is 0 Å². The highest BCUT2D eigenvalue weighted by molar-refractivity contribution is 6.42. The SMILES string of the molecule is Cc1[c]ccc(Cl)c1Cl. The van der Waals surface area contributed by atoms with E-state index < -0.39 is 0 Å². The third-order valence-electron chi connectivity index (χ3n) is 1.07. The molecule has 0 spiro atoms. The molecule has 1 aromatic rings. The Labute approximate surface area is 64.4 Å². The van der Waals surface area contributed by atoms with E-state index in [1.54, 1.807) is 12.1 Å². The first-order valence-corrected chi connectivity index (χ1v) is 3.29. The molecule has 0 bridgehead atoms. The normalized spacial score (nSPS) is 9.67. The van der Waals surface area contributed by atoms with Crippen LogP contribution in [0.2, 0.25) is 10.0 Å². The minimum Gasteiger partial charge on any atom is -0.0827 e. The van der Waals surface area contributed by atoms with E-state index in [2.05, 4.69) is 6.07 Å². The second kappa shape index (κ2) is 2.59. The summed E-state index contributed by atoms with van der Waals surface area (Å²) in [6, 6.07) is 6.40. The van der Waals surface area contributed by atoms with Crippen molar-refractivity contribution in [2.24, 2.45) is 0 Å². The highest BCUT2D eigenvalue weighted by Crippen LogP contribution is 2.23. The second-order valence-corrected chi connectivity index (χ2v) is 2.55. The molecule has 1 rings (SSSR count). The first-order valence-electron chi connectivity index (χ1n) is 2.54. The summed E-state index contributed by atoms with van der Waals surface area (Å²) >= 11 is 11.4. The molecule has 0 aromatic heterocycles. The summed E-state index contributed by atoms with van der Waals surface area (Å²) in [5, 5.41) is 1.19. The molecule has 0 aliphatic rings. The lowest BCUT2D eigenvalue weighted by Gasteiger charge is -1.95. The summed E-state index contributed by atoms with van der Waals surface area (Å²) < 4.78 is 0. The highest BCUT2D eigenvalue weighted by Gasteiger charge is 1.97. The Morgan fingerprint density at radius 1 is 1.44 bits per heavy atom. The first kappa shape index (κ1) is 6.91. The molecule has 0 amide bonds. The predicted molar refractivity (Wildman–Crippen MR) is 40.0 cm³/mol.